The number of ether oxygens (including phenoxy) is 1. The van der Waals surface area contributed by atoms with Crippen molar-refractivity contribution >= 4 is 23.7 Å². The molecule has 96 valence electrons. The molecule has 0 unspecified atom stereocenters. The van der Waals surface area contributed by atoms with Crippen molar-refractivity contribution in [1.82, 2.24) is 5.32 Å². The molecule has 18 heavy (non-hydrogen) atoms. The second-order valence-electron chi connectivity index (χ2n) is 3.27. The fraction of sp³-hybridized carbons (Fsp3) is 0.182. The number of benzene rings is 1. The number of nitrogens with one attached hydrogen (secondary N) is 2. The van der Waals surface area contributed by atoms with Crippen LogP contribution < -0.4 is 10.6 Å². The molecular weight excluding hydrogens is 240 g/mol. The van der Waals surface area contributed by atoms with Gasteiger partial charge in [-0.05, 0) is 24.3 Å². The van der Waals surface area contributed by atoms with Crippen molar-refractivity contribution in [1.29, 1.82) is 0 Å². The molecule has 0 fully saturated rings. The van der Waals surface area contributed by atoms with Gasteiger partial charge in [0.2, 0.25) is 0 Å². The van der Waals surface area contributed by atoms with Gasteiger partial charge in [0, 0.05) is 11.3 Å². The van der Waals surface area contributed by atoms with E-state index in [4.69, 9.17) is 5.11 Å². The maximum absolute atomic E-state index is 11.5. The van der Waals surface area contributed by atoms with Crippen molar-refractivity contribution in [3.63, 3.8) is 0 Å². The van der Waals surface area contributed by atoms with E-state index in [9.17, 15) is 14.4 Å². The Morgan fingerprint density at radius 1 is 1.22 bits per heavy atom. The third-order valence-corrected chi connectivity index (χ3v) is 1.98. The highest BCUT2D eigenvalue weighted by atomic mass is 16.5. The van der Waals surface area contributed by atoms with Crippen LogP contribution in [0.25, 0.3) is 0 Å². The molecule has 0 aliphatic carbocycles. The molecule has 0 aliphatic heterocycles. The number of carbonyl (C=O) groups excluding carboxylic acids is 2. The number of hydrogen-bond acceptors (Lipinski definition) is 4. The molecule has 0 spiro atoms. The Balaban J connectivity index is 2.62. The van der Waals surface area contributed by atoms with Gasteiger partial charge in [-0.2, -0.15) is 0 Å². The first kappa shape index (κ1) is 13.5. The second kappa shape index (κ2) is 6.24. The lowest BCUT2D eigenvalue weighted by molar-refractivity contribution is -0.135. The van der Waals surface area contributed by atoms with Crippen molar-refractivity contribution in [3.8, 4) is 0 Å². The van der Waals surface area contributed by atoms with Gasteiger partial charge >= 0.3 is 12.1 Å². The molecule has 3 N–H and O–H groups in total. The SMILES string of the molecule is COC(=O)Nc1ccc(C(=O)NCC(=O)O)cc1. The summed E-state index contributed by atoms with van der Waals surface area (Å²) in [5.74, 6) is -1.62. The normalized spacial score (nSPS) is 9.39. The molecule has 0 bridgehead atoms. The molecule has 7 heteroatoms. The summed E-state index contributed by atoms with van der Waals surface area (Å²) in [4.78, 5) is 32.6. The van der Waals surface area contributed by atoms with Crippen molar-refractivity contribution < 1.29 is 24.2 Å². The third-order valence-electron chi connectivity index (χ3n) is 1.98. The van der Waals surface area contributed by atoms with Crippen LogP contribution in [0, 0.1) is 0 Å². The number of methoxy groups -OCH3 is 1. The highest BCUT2D eigenvalue weighted by molar-refractivity contribution is 5.96. The molecule has 2 amide bonds. The predicted molar refractivity (Wildman–Crippen MR) is 62.4 cm³/mol. The van der Waals surface area contributed by atoms with Crippen LogP contribution in [0.2, 0.25) is 0 Å². The molecular formula is C11H12N2O5. The van der Waals surface area contributed by atoms with Crippen molar-refractivity contribution in [2.45, 2.75) is 0 Å². The van der Waals surface area contributed by atoms with Crippen LogP contribution >= 0.6 is 0 Å². The topological polar surface area (TPSA) is 105 Å². The number of carboxylic acid groups (broad SMARTS) is 1. The summed E-state index contributed by atoms with van der Waals surface area (Å²) < 4.78 is 4.40. The Kier molecular flexibility index (Phi) is 4.67. The zero-order valence-electron chi connectivity index (χ0n) is 9.60. The van der Waals surface area contributed by atoms with Crippen molar-refractivity contribution in [3.05, 3.63) is 29.8 Å². The van der Waals surface area contributed by atoms with Crippen LogP contribution in [-0.4, -0.2) is 36.7 Å². The highest BCUT2D eigenvalue weighted by Gasteiger charge is 2.07. The summed E-state index contributed by atoms with van der Waals surface area (Å²) in [5.41, 5.74) is 0.767. The molecule has 7 nitrogen and oxygen atoms in total. The lowest BCUT2D eigenvalue weighted by Crippen LogP contribution is -2.29. The molecule has 0 aliphatic rings. The minimum atomic E-state index is -1.12. The van der Waals surface area contributed by atoms with Gasteiger partial charge in [-0.3, -0.25) is 14.9 Å². The smallest absolute Gasteiger partial charge is 0.411 e. The van der Waals surface area contributed by atoms with Crippen molar-refractivity contribution in [2.75, 3.05) is 19.0 Å². The van der Waals surface area contributed by atoms with Gasteiger partial charge in [0.05, 0.1) is 7.11 Å². The quantitative estimate of drug-likeness (QED) is 0.730. The first-order chi connectivity index (χ1) is 8.52. The summed E-state index contributed by atoms with van der Waals surface area (Å²) >= 11 is 0. The summed E-state index contributed by atoms with van der Waals surface area (Å²) in [6, 6.07) is 5.93. The van der Waals surface area contributed by atoms with Gasteiger partial charge in [-0.1, -0.05) is 0 Å². The highest BCUT2D eigenvalue weighted by Crippen LogP contribution is 2.09. The average Bonchev–Trinajstić information content (AvgIpc) is 2.36. The molecule has 0 heterocycles. The number of aliphatic carboxylic acids is 1. The second-order valence-corrected chi connectivity index (χ2v) is 3.27. The third kappa shape index (κ3) is 4.12. The van der Waals surface area contributed by atoms with Crippen LogP contribution in [0.15, 0.2) is 24.3 Å². The van der Waals surface area contributed by atoms with Crippen LogP contribution in [0.3, 0.4) is 0 Å². The minimum Gasteiger partial charge on any atom is -0.480 e. The Morgan fingerprint density at radius 2 is 1.83 bits per heavy atom. The minimum absolute atomic E-state index is 0.298. The molecule has 0 atom stereocenters. The number of carboxylic acids is 1. The molecule has 1 aromatic rings. The lowest BCUT2D eigenvalue weighted by Gasteiger charge is -2.05. The van der Waals surface area contributed by atoms with Crippen LogP contribution in [0.5, 0.6) is 0 Å². The molecule has 0 saturated carbocycles. The Bertz CT molecular complexity index is 455. The van der Waals surface area contributed by atoms with Crippen LogP contribution in [0.4, 0.5) is 10.5 Å². The van der Waals surface area contributed by atoms with Crippen LogP contribution in [-0.2, 0) is 9.53 Å². The summed E-state index contributed by atoms with van der Waals surface area (Å²) in [5, 5.41) is 13.0. The van der Waals surface area contributed by atoms with Gasteiger partial charge in [-0.25, -0.2) is 4.79 Å². The van der Waals surface area contributed by atoms with Gasteiger partial charge in [0.25, 0.3) is 5.91 Å². The zero-order valence-corrected chi connectivity index (χ0v) is 9.60. The molecule has 1 aromatic carbocycles. The number of carbonyl (C=O) groups is 3. The van der Waals surface area contributed by atoms with E-state index in [1.165, 1.54) is 31.4 Å². The van der Waals surface area contributed by atoms with E-state index in [0.29, 0.717) is 11.3 Å². The molecule has 1 rings (SSSR count). The lowest BCUT2D eigenvalue weighted by atomic mass is 10.2. The van der Waals surface area contributed by atoms with Crippen LogP contribution in [0.1, 0.15) is 10.4 Å². The van der Waals surface area contributed by atoms with Gasteiger partial charge < -0.3 is 15.2 Å². The monoisotopic (exact) mass is 252 g/mol. The van der Waals surface area contributed by atoms with Gasteiger partial charge in [0.1, 0.15) is 6.54 Å². The number of amides is 2. The molecule has 0 saturated heterocycles. The van der Waals surface area contributed by atoms with E-state index in [2.05, 4.69) is 15.4 Å². The Hall–Kier alpha value is -2.57. The van der Waals surface area contributed by atoms with E-state index >= 15 is 0 Å². The summed E-state index contributed by atoms with van der Waals surface area (Å²) in [6.07, 6.45) is -0.613. The first-order valence-corrected chi connectivity index (χ1v) is 4.98. The van der Waals surface area contributed by atoms with Gasteiger partial charge in [-0.15, -0.1) is 0 Å². The summed E-state index contributed by atoms with van der Waals surface area (Å²) in [7, 11) is 1.24. The van der Waals surface area contributed by atoms with E-state index < -0.39 is 24.5 Å². The van der Waals surface area contributed by atoms with Crippen molar-refractivity contribution in [2.24, 2.45) is 0 Å². The fourth-order valence-electron chi connectivity index (χ4n) is 1.13. The van der Waals surface area contributed by atoms with E-state index in [1.807, 2.05) is 0 Å². The summed E-state index contributed by atoms with van der Waals surface area (Å²) in [6.45, 7) is -0.443. The zero-order chi connectivity index (χ0) is 13.5. The number of hydrogen-bond donors (Lipinski definition) is 3. The standard InChI is InChI=1S/C11H12N2O5/c1-18-11(17)13-8-4-2-7(3-5-8)10(16)12-6-9(14)15/h2-5H,6H2,1H3,(H,12,16)(H,13,17)(H,14,15). The maximum atomic E-state index is 11.5. The predicted octanol–water partition coefficient (Wildman–Crippen LogP) is 0.679. The Labute approximate surface area is 103 Å². The number of rotatable bonds is 4. The fourth-order valence-corrected chi connectivity index (χ4v) is 1.13. The largest absolute Gasteiger partial charge is 0.480 e. The molecule has 0 aromatic heterocycles. The maximum Gasteiger partial charge on any atom is 0.411 e. The Morgan fingerprint density at radius 3 is 2.33 bits per heavy atom. The average molecular weight is 252 g/mol. The van der Waals surface area contributed by atoms with E-state index in [0.717, 1.165) is 0 Å². The number of anilines is 1. The first-order valence-electron chi connectivity index (χ1n) is 4.98. The van der Waals surface area contributed by atoms with E-state index in [-0.39, 0.29) is 0 Å². The van der Waals surface area contributed by atoms with Gasteiger partial charge in [0.15, 0.2) is 0 Å². The molecule has 0 radical (unpaired) electrons. The van der Waals surface area contributed by atoms with E-state index in [1.54, 1.807) is 0 Å².